The zero-order valence-corrected chi connectivity index (χ0v) is 31.3. The fourth-order valence-electron chi connectivity index (χ4n) is 8.85. The number of thiophene rings is 2. The third-order valence-corrected chi connectivity index (χ3v) is 13.5. The molecule has 0 spiro atoms. The van der Waals surface area contributed by atoms with Crippen LogP contribution >= 0.6 is 22.7 Å². The Hall–Kier alpha value is -1.91. The molecule has 2 nitrogen and oxygen atoms in total. The highest BCUT2D eigenvalue weighted by Crippen LogP contribution is 2.64. The van der Waals surface area contributed by atoms with Crippen molar-refractivity contribution in [1.29, 1.82) is 0 Å². The molecule has 0 radical (unpaired) electrons. The van der Waals surface area contributed by atoms with E-state index in [1.165, 1.54) is 160 Å². The van der Waals surface area contributed by atoms with Crippen molar-refractivity contribution in [3.63, 3.8) is 0 Å². The largest absolute Gasteiger partial charge is 0.487 e. The van der Waals surface area contributed by atoms with Crippen molar-refractivity contribution in [3.8, 4) is 25.9 Å². The molecular weight excluding hydrogens is 601 g/mol. The van der Waals surface area contributed by atoms with Gasteiger partial charge in [0, 0.05) is 20.6 Å². The van der Waals surface area contributed by atoms with E-state index < -0.39 is 0 Å². The van der Waals surface area contributed by atoms with Crippen molar-refractivity contribution < 1.29 is 9.53 Å². The topological polar surface area (TPSA) is 26.3 Å². The average molecular weight is 661 g/mol. The van der Waals surface area contributed by atoms with Crippen molar-refractivity contribution in [2.75, 3.05) is 7.11 Å². The van der Waals surface area contributed by atoms with Crippen LogP contribution in [0.5, 0.6) is 5.06 Å². The number of hydrogen-bond donors (Lipinski definition) is 0. The standard InChI is InChI=1S/C42H60O2S2/c1-6-10-14-18-22-41(23-19-15-11-7-2)34-28-33-35(27-32(34)39-36(41)26-31(30-43)45-39)42(24-20-16-12-8-3,25-21-17-13-9-4)37-29-38(44-5)46-40(33)37/h26-30H,6-25H2,1-5H3. The smallest absolute Gasteiger partial charge is 0.174 e. The van der Waals surface area contributed by atoms with Crippen molar-refractivity contribution in [3.05, 3.63) is 51.4 Å². The minimum atomic E-state index is 0.00789. The number of methoxy groups -OCH3 is 1. The van der Waals surface area contributed by atoms with Gasteiger partial charge in [0.1, 0.15) is 0 Å². The zero-order valence-electron chi connectivity index (χ0n) is 29.7. The number of fused-ring (bicyclic) bond motifs is 6. The maximum atomic E-state index is 12.2. The summed E-state index contributed by atoms with van der Waals surface area (Å²) in [5.74, 6) is 0. The highest BCUT2D eigenvalue weighted by Gasteiger charge is 2.49. The van der Waals surface area contributed by atoms with E-state index in [0.29, 0.717) is 0 Å². The van der Waals surface area contributed by atoms with Crippen LogP contribution in [0.4, 0.5) is 0 Å². The summed E-state index contributed by atoms with van der Waals surface area (Å²) < 4.78 is 5.94. The number of carbonyl (C=O) groups excluding carboxylic acids is 1. The third-order valence-electron chi connectivity index (χ3n) is 11.3. The van der Waals surface area contributed by atoms with Gasteiger partial charge in [-0.2, -0.15) is 0 Å². The minimum absolute atomic E-state index is 0.00789. The number of unbranched alkanes of at least 4 members (excludes halogenated alkanes) is 12. The maximum Gasteiger partial charge on any atom is 0.174 e. The van der Waals surface area contributed by atoms with Crippen LogP contribution in [0.3, 0.4) is 0 Å². The maximum absolute atomic E-state index is 12.2. The number of carbonyl (C=O) groups is 1. The number of benzene rings is 1. The van der Waals surface area contributed by atoms with Gasteiger partial charge in [-0.25, -0.2) is 0 Å². The Labute approximate surface area is 288 Å². The Morgan fingerprint density at radius 3 is 1.35 bits per heavy atom. The highest BCUT2D eigenvalue weighted by molar-refractivity contribution is 7.18. The van der Waals surface area contributed by atoms with Gasteiger partial charge < -0.3 is 4.74 Å². The van der Waals surface area contributed by atoms with Crippen LogP contribution < -0.4 is 4.74 Å². The number of hydrogen-bond acceptors (Lipinski definition) is 4. The predicted octanol–water partition coefficient (Wildman–Crippen LogP) is 14.0. The first-order chi connectivity index (χ1) is 22.5. The van der Waals surface area contributed by atoms with E-state index in [1.807, 2.05) is 18.4 Å². The molecule has 4 heteroatoms. The van der Waals surface area contributed by atoms with Crippen LogP contribution in [0.1, 0.15) is 188 Å². The Kier molecular flexibility index (Phi) is 12.7. The van der Waals surface area contributed by atoms with Crippen molar-refractivity contribution in [2.24, 2.45) is 0 Å². The monoisotopic (exact) mass is 660 g/mol. The van der Waals surface area contributed by atoms with E-state index >= 15 is 0 Å². The molecule has 0 unspecified atom stereocenters. The predicted molar refractivity (Wildman–Crippen MR) is 202 cm³/mol. The van der Waals surface area contributed by atoms with Crippen LogP contribution in [0.25, 0.3) is 20.9 Å². The molecule has 5 rings (SSSR count). The van der Waals surface area contributed by atoms with Crippen LogP contribution in [0.15, 0.2) is 24.3 Å². The number of rotatable bonds is 22. The van der Waals surface area contributed by atoms with E-state index in [9.17, 15) is 4.79 Å². The normalized spacial score (nSPS) is 15.1. The molecule has 3 aromatic rings. The highest BCUT2D eigenvalue weighted by atomic mass is 32.1. The van der Waals surface area contributed by atoms with Gasteiger partial charge in [0.05, 0.1) is 12.0 Å². The van der Waals surface area contributed by atoms with Crippen molar-refractivity contribution in [1.82, 2.24) is 0 Å². The third kappa shape index (κ3) is 6.82. The first kappa shape index (κ1) is 35.4. The lowest BCUT2D eigenvalue weighted by atomic mass is 9.68. The van der Waals surface area contributed by atoms with Gasteiger partial charge in [-0.05, 0) is 83.3 Å². The molecule has 2 aromatic heterocycles. The Morgan fingerprint density at radius 1 is 0.543 bits per heavy atom. The number of aldehydes is 1. The summed E-state index contributed by atoms with van der Waals surface area (Å²) in [4.78, 5) is 16.0. The van der Waals surface area contributed by atoms with E-state index in [-0.39, 0.29) is 10.8 Å². The summed E-state index contributed by atoms with van der Waals surface area (Å²) in [7, 11) is 1.84. The zero-order chi connectivity index (χ0) is 32.6. The summed E-state index contributed by atoms with van der Waals surface area (Å²) >= 11 is 3.63. The Balaban J connectivity index is 1.68. The lowest BCUT2D eigenvalue weighted by Gasteiger charge is -2.34. The van der Waals surface area contributed by atoms with E-state index in [2.05, 4.69) is 52.0 Å². The summed E-state index contributed by atoms with van der Waals surface area (Å²) in [6.45, 7) is 9.26. The van der Waals surface area contributed by atoms with Gasteiger partial charge in [0.2, 0.25) is 0 Å². The fourth-order valence-corrected chi connectivity index (χ4v) is 11.1. The molecule has 252 valence electrons. The molecule has 0 N–H and O–H groups in total. The molecule has 2 heterocycles. The Morgan fingerprint density at radius 2 is 0.957 bits per heavy atom. The van der Waals surface area contributed by atoms with Gasteiger partial charge in [-0.3, -0.25) is 4.79 Å². The Bertz CT molecular complexity index is 1400. The molecule has 1 aromatic carbocycles. The second-order valence-corrected chi connectivity index (χ2v) is 16.5. The summed E-state index contributed by atoms with van der Waals surface area (Å²) in [5, 5.41) is 1.06. The number of ether oxygens (including phenoxy) is 1. The molecular formula is C42H60O2S2. The van der Waals surface area contributed by atoms with Crippen LogP contribution in [0.2, 0.25) is 0 Å². The van der Waals surface area contributed by atoms with E-state index in [4.69, 9.17) is 4.74 Å². The van der Waals surface area contributed by atoms with Gasteiger partial charge >= 0.3 is 0 Å². The molecule has 0 saturated carbocycles. The molecule has 46 heavy (non-hydrogen) atoms. The van der Waals surface area contributed by atoms with Gasteiger partial charge in [0.15, 0.2) is 11.3 Å². The molecule has 0 saturated heterocycles. The second-order valence-electron chi connectivity index (χ2n) is 14.4. The van der Waals surface area contributed by atoms with Crippen LogP contribution in [0, 0.1) is 0 Å². The van der Waals surface area contributed by atoms with Crippen LogP contribution in [-0.2, 0) is 10.8 Å². The second kappa shape index (κ2) is 16.5. The summed E-state index contributed by atoms with van der Waals surface area (Å²) in [6.07, 6.45) is 26.4. The average Bonchev–Trinajstić information content (AvgIpc) is 3.81. The van der Waals surface area contributed by atoms with Crippen LogP contribution in [-0.4, -0.2) is 13.4 Å². The molecule has 0 aliphatic heterocycles. The summed E-state index contributed by atoms with van der Waals surface area (Å²) in [5.41, 5.74) is 9.13. The molecule has 0 bridgehead atoms. The molecule has 2 aliphatic rings. The van der Waals surface area contributed by atoms with Gasteiger partial charge in [-0.1, -0.05) is 142 Å². The quantitative estimate of drug-likeness (QED) is 0.0792. The lowest BCUT2D eigenvalue weighted by Crippen LogP contribution is -2.27. The minimum Gasteiger partial charge on any atom is -0.487 e. The lowest BCUT2D eigenvalue weighted by molar-refractivity contribution is 0.112. The molecule has 0 atom stereocenters. The van der Waals surface area contributed by atoms with Gasteiger partial charge in [-0.15, -0.1) is 11.3 Å². The van der Waals surface area contributed by atoms with E-state index in [0.717, 1.165) is 16.2 Å². The first-order valence-corrected chi connectivity index (χ1v) is 20.6. The summed E-state index contributed by atoms with van der Waals surface area (Å²) in [6, 6.07) is 10.0. The molecule has 2 aliphatic carbocycles. The fraction of sp³-hybridized carbons (Fsp3) is 0.643. The molecule has 0 amide bonds. The van der Waals surface area contributed by atoms with Crippen molar-refractivity contribution in [2.45, 2.75) is 167 Å². The SMILES string of the molecule is CCCCCCC1(CCCCCC)c2cc3c(cc2-c2sc(C=O)cc21)C(CCCCCC)(CCCCCC)c1cc(OC)sc1-3. The van der Waals surface area contributed by atoms with Crippen molar-refractivity contribution >= 4 is 29.0 Å². The van der Waals surface area contributed by atoms with E-state index in [1.54, 1.807) is 22.5 Å². The van der Waals surface area contributed by atoms with Gasteiger partial charge in [0.25, 0.3) is 0 Å². The molecule has 0 fully saturated rings. The first-order valence-electron chi connectivity index (χ1n) is 19.0.